The van der Waals surface area contributed by atoms with E-state index in [2.05, 4.69) is 0 Å². The number of hydrogen-bond donors (Lipinski definition) is 0. The van der Waals surface area contributed by atoms with Crippen molar-refractivity contribution in [2.24, 2.45) is 5.92 Å². The SMILES string of the molecule is CN1C(=O)C(F)=C2CC3C=CC21C=C3. The fourth-order valence-corrected chi connectivity index (χ4v) is 2.53. The van der Waals surface area contributed by atoms with Crippen LogP contribution in [0.4, 0.5) is 4.39 Å². The maximum absolute atomic E-state index is 13.6. The summed E-state index contributed by atoms with van der Waals surface area (Å²) in [6.45, 7) is 0. The van der Waals surface area contributed by atoms with Gasteiger partial charge in [0.05, 0.1) is 0 Å². The molecule has 2 nitrogen and oxygen atoms in total. The summed E-state index contributed by atoms with van der Waals surface area (Å²) in [7, 11) is 1.65. The Morgan fingerprint density at radius 2 is 2.14 bits per heavy atom. The molecule has 3 heteroatoms. The summed E-state index contributed by atoms with van der Waals surface area (Å²) in [4.78, 5) is 13.0. The van der Waals surface area contributed by atoms with Crippen molar-refractivity contribution in [1.29, 1.82) is 0 Å². The van der Waals surface area contributed by atoms with Crippen LogP contribution in [-0.2, 0) is 4.79 Å². The van der Waals surface area contributed by atoms with Crippen molar-refractivity contribution in [3.8, 4) is 0 Å². The molecule has 0 aromatic carbocycles. The van der Waals surface area contributed by atoms with Gasteiger partial charge < -0.3 is 4.90 Å². The standard InChI is InChI=1S/C11H10FNO/c1-13-10(14)9(12)8-6-7-2-4-11(8,13)5-3-7/h2-5,7H,6H2,1H3. The van der Waals surface area contributed by atoms with Crippen molar-refractivity contribution in [2.45, 2.75) is 12.0 Å². The van der Waals surface area contributed by atoms with Gasteiger partial charge in [0.1, 0.15) is 5.54 Å². The van der Waals surface area contributed by atoms with Crippen molar-refractivity contribution in [2.75, 3.05) is 7.05 Å². The Balaban J connectivity index is 2.27. The number of carbonyl (C=O) groups is 1. The minimum atomic E-state index is -0.573. The Hall–Kier alpha value is -1.38. The summed E-state index contributed by atoms with van der Waals surface area (Å²) in [5.74, 6) is -0.764. The van der Waals surface area contributed by atoms with Gasteiger partial charge in [-0.15, -0.1) is 0 Å². The number of amides is 1. The lowest BCUT2D eigenvalue weighted by molar-refractivity contribution is -0.127. The first-order chi connectivity index (χ1) is 6.65. The maximum Gasteiger partial charge on any atom is 0.283 e. The van der Waals surface area contributed by atoms with Crippen LogP contribution in [0, 0.1) is 5.92 Å². The predicted molar refractivity (Wildman–Crippen MR) is 50.0 cm³/mol. The van der Waals surface area contributed by atoms with Crippen LogP contribution in [0.1, 0.15) is 6.42 Å². The number of allylic oxidation sites excluding steroid dienone is 2. The predicted octanol–water partition coefficient (Wildman–Crippen LogP) is 1.57. The molecular formula is C11H10FNO. The van der Waals surface area contributed by atoms with E-state index in [0.29, 0.717) is 12.0 Å². The van der Waals surface area contributed by atoms with Crippen molar-refractivity contribution >= 4 is 5.91 Å². The molecule has 2 bridgehead atoms. The zero-order valence-electron chi connectivity index (χ0n) is 7.83. The molecule has 1 heterocycles. The number of likely N-dealkylation sites (N-methyl/N-ethyl adjacent to an activating group) is 1. The van der Waals surface area contributed by atoms with Gasteiger partial charge in [-0.25, -0.2) is 4.39 Å². The van der Waals surface area contributed by atoms with Crippen LogP contribution in [-0.4, -0.2) is 23.4 Å². The molecule has 3 aliphatic carbocycles. The minimum absolute atomic E-state index is 0.275. The fourth-order valence-electron chi connectivity index (χ4n) is 2.53. The van der Waals surface area contributed by atoms with Gasteiger partial charge in [-0.05, 0) is 12.3 Å². The van der Waals surface area contributed by atoms with Gasteiger partial charge in [0, 0.05) is 12.6 Å². The molecule has 1 spiro atoms. The first kappa shape index (κ1) is 7.97. The third kappa shape index (κ3) is 0.659. The molecule has 0 aromatic heterocycles. The zero-order valence-corrected chi connectivity index (χ0v) is 7.83. The quantitative estimate of drug-likeness (QED) is 0.532. The minimum Gasteiger partial charge on any atom is -0.323 e. The summed E-state index contributed by atoms with van der Waals surface area (Å²) in [6, 6.07) is 0. The lowest BCUT2D eigenvalue weighted by Gasteiger charge is -2.40. The zero-order chi connectivity index (χ0) is 9.92. The largest absolute Gasteiger partial charge is 0.323 e. The van der Waals surface area contributed by atoms with Gasteiger partial charge in [0.15, 0.2) is 5.83 Å². The van der Waals surface area contributed by atoms with Gasteiger partial charge in [-0.3, -0.25) is 4.79 Å². The van der Waals surface area contributed by atoms with E-state index in [0.717, 1.165) is 0 Å². The highest BCUT2D eigenvalue weighted by Crippen LogP contribution is 2.47. The lowest BCUT2D eigenvalue weighted by atomic mass is 9.73. The third-order valence-electron chi connectivity index (χ3n) is 3.43. The average Bonchev–Trinajstić information content (AvgIpc) is 2.43. The maximum atomic E-state index is 13.6. The Labute approximate surface area is 81.4 Å². The molecule has 0 saturated heterocycles. The van der Waals surface area contributed by atoms with Gasteiger partial charge in [0.2, 0.25) is 0 Å². The molecule has 1 aliphatic heterocycles. The molecule has 4 rings (SSSR count). The van der Waals surface area contributed by atoms with E-state index in [4.69, 9.17) is 0 Å². The number of rotatable bonds is 0. The smallest absolute Gasteiger partial charge is 0.283 e. The van der Waals surface area contributed by atoms with Crippen LogP contribution in [0.5, 0.6) is 0 Å². The molecular weight excluding hydrogens is 181 g/mol. The third-order valence-corrected chi connectivity index (χ3v) is 3.43. The molecule has 0 aromatic rings. The first-order valence-electron chi connectivity index (χ1n) is 4.71. The van der Waals surface area contributed by atoms with Crippen LogP contribution in [0.25, 0.3) is 0 Å². The normalized spacial score (nSPS) is 38.6. The van der Waals surface area contributed by atoms with Gasteiger partial charge in [0.25, 0.3) is 5.91 Å². The highest BCUT2D eigenvalue weighted by molar-refractivity contribution is 5.98. The van der Waals surface area contributed by atoms with E-state index in [1.807, 2.05) is 24.3 Å². The van der Waals surface area contributed by atoms with Crippen LogP contribution in [0.3, 0.4) is 0 Å². The van der Waals surface area contributed by atoms with Crippen LogP contribution in [0.2, 0.25) is 0 Å². The fraction of sp³-hybridized carbons (Fsp3) is 0.364. The van der Waals surface area contributed by atoms with E-state index < -0.39 is 17.3 Å². The first-order valence-corrected chi connectivity index (χ1v) is 4.71. The molecule has 0 saturated carbocycles. The molecule has 4 aliphatic rings. The molecule has 72 valence electrons. The number of halogens is 1. The molecule has 0 fully saturated rings. The van der Waals surface area contributed by atoms with Gasteiger partial charge in [-0.2, -0.15) is 0 Å². The van der Waals surface area contributed by atoms with Crippen molar-refractivity contribution in [1.82, 2.24) is 4.90 Å². The second kappa shape index (κ2) is 2.16. The molecule has 1 amide bonds. The van der Waals surface area contributed by atoms with Crippen LogP contribution >= 0.6 is 0 Å². The van der Waals surface area contributed by atoms with E-state index in [9.17, 15) is 9.18 Å². The monoisotopic (exact) mass is 191 g/mol. The van der Waals surface area contributed by atoms with E-state index in [-0.39, 0.29) is 5.92 Å². The Kier molecular flexibility index (Phi) is 1.23. The second-order valence-electron chi connectivity index (χ2n) is 4.07. The van der Waals surface area contributed by atoms with Gasteiger partial charge in [-0.1, -0.05) is 24.3 Å². The number of carbonyl (C=O) groups excluding carboxylic acids is 1. The highest BCUT2D eigenvalue weighted by atomic mass is 19.1. The molecule has 0 unspecified atom stereocenters. The van der Waals surface area contributed by atoms with E-state index in [1.165, 1.54) is 4.90 Å². The number of hydrogen-bond acceptors (Lipinski definition) is 1. The highest BCUT2D eigenvalue weighted by Gasteiger charge is 2.50. The molecule has 14 heavy (non-hydrogen) atoms. The Morgan fingerprint density at radius 3 is 2.71 bits per heavy atom. The molecule has 0 atom stereocenters. The topological polar surface area (TPSA) is 20.3 Å². The summed E-state index contributed by atoms with van der Waals surface area (Å²) in [5, 5.41) is 0. The average molecular weight is 191 g/mol. The summed E-state index contributed by atoms with van der Waals surface area (Å²) in [5.41, 5.74) is 0.0654. The lowest BCUT2D eigenvalue weighted by Crippen LogP contribution is -2.46. The van der Waals surface area contributed by atoms with Crippen molar-refractivity contribution in [3.05, 3.63) is 35.7 Å². The summed E-state index contributed by atoms with van der Waals surface area (Å²) in [6.07, 6.45) is 8.61. The van der Waals surface area contributed by atoms with E-state index >= 15 is 0 Å². The molecule has 0 N–H and O–H groups in total. The second-order valence-corrected chi connectivity index (χ2v) is 4.07. The van der Waals surface area contributed by atoms with E-state index in [1.54, 1.807) is 7.05 Å². The Bertz CT molecular complexity index is 405. The molecule has 0 radical (unpaired) electrons. The summed E-state index contributed by atoms with van der Waals surface area (Å²) >= 11 is 0. The van der Waals surface area contributed by atoms with Crippen LogP contribution in [0.15, 0.2) is 35.7 Å². The van der Waals surface area contributed by atoms with Gasteiger partial charge >= 0.3 is 0 Å². The van der Waals surface area contributed by atoms with Crippen LogP contribution < -0.4 is 0 Å². The number of nitrogens with zero attached hydrogens (tertiary/aromatic N) is 1. The summed E-state index contributed by atoms with van der Waals surface area (Å²) < 4.78 is 13.6. The van der Waals surface area contributed by atoms with Crippen molar-refractivity contribution in [3.63, 3.8) is 0 Å². The van der Waals surface area contributed by atoms with Crippen molar-refractivity contribution < 1.29 is 9.18 Å². The Morgan fingerprint density at radius 1 is 1.50 bits per heavy atom.